The third kappa shape index (κ3) is 4.70. The molecule has 0 radical (unpaired) electrons. The van der Waals surface area contributed by atoms with Crippen molar-refractivity contribution in [2.24, 2.45) is 0 Å². The highest BCUT2D eigenvalue weighted by Gasteiger charge is 2.30. The van der Waals surface area contributed by atoms with Crippen LogP contribution in [0.5, 0.6) is 0 Å². The second-order valence-electron chi connectivity index (χ2n) is 4.75. The third-order valence-electron chi connectivity index (χ3n) is 2.99. The molecule has 0 saturated heterocycles. The summed E-state index contributed by atoms with van der Waals surface area (Å²) >= 11 is 0. The van der Waals surface area contributed by atoms with Gasteiger partial charge in [-0.05, 0) is 37.9 Å². The van der Waals surface area contributed by atoms with Crippen LogP contribution in [-0.4, -0.2) is 29.1 Å². The van der Waals surface area contributed by atoms with E-state index in [4.69, 9.17) is 5.73 Å². The Labute approximate surface area is 111 Å². The summed E-state index contributed by atoms with van der Waals surface area (Å²) in [4.78, 5) is 5.55. The van der Waals surface area contributed by atoms with Gasteiger partial charge in [-0.1, -0.05) is 6.92 Å². The standard InChI is InChI=1S/C13H20F3N3/c1-4-5-19(8-13(14,15)16)7-11-10(3)12(17)9(2)6-18-11/h6H,4-5,7-8H2,1-3H3,(H2,17,18). The van der Waals surface area contributed by atoms with Crippen molar-refractivity contribution in [2.45, 2.75) is 39.9 Å². The van der Waals surface area contributed by atoms with Crippen molar-refractivity contribution in [3.8, 4) is 0 Å². The summed E-state index contributed by atoms with van der Waals surface area (Å²) in [6.07, 6.45) is -1.93. The number of hydrogen-bond donors (Lipinski definition) is 1. The molecule has 2 N–H and O–H groups in total. The van der Waals surface area contributed by atoms with Crippen LogP contribution in [0.2, 0.25) is 0 Å². The Kier molecular flexibility index (Phi) is 5.17. The number of pyridine rings is 1. The molecule has 0 fully saturated rings. The molecule has 3 nitrogen and oxygen atoms in total. The van der Waals surface area contributed by atoms with E-state index >= 15 is 0 Å². The van der Waals surface area contributed by atoms with Crippen LogP contribution in [0.3, 0.4) is 0 Å². The molecule has 0 aliphatic carbocycles. The summed E-state index contributed by atoms with van der Waals surface area (Å²) in [5, 5.41) is 0. The van der Waals surface area contributed by atoms with Crippen molar-refractivity contribution in [1.82, 2.24) is 9.88 Å². The first-order valence-corrected chi connectivity index (χ1v) is 6.24. The minimum absolute atomic E-state index is 0.170. The number of alkyl halides is 3. The molecule has 0 spiro atoms. The summed E-state index contributed by atoms with van der Waals surface area (Å²) in [6.45, 7) is 5.11. The predicted octanol–water partition coefficient (Wildman–Crippen LogP) is 3.05. The summed E-state index contributed by atoms with van der Waals surface area (Å²) in [5.74, 6) is 0. The number of anilines is 1. The van der Waals surface area contributed by atoms with E-state index in [2.05, 4.69) is 4.98 Å². The fourth-order valence-electron chi connectivity index (χ4n) is 1.95. The molecule has 19 heavy (non-hydrogen) atoms. The quantitative estimate of drug-likeness (QED) is 0.898. The van der Waals surface area contributed by atoms with Crippen LogP contribution in [0.1, 0.15) is 30.2 Å². The molecule has 1 aromatic rings. The summed E-state index contributed by atoms with van der Waals surface area (Å²) in [7, 11) is 0. The predicted molar refractivity (Wildman–Crippen MR) is 69.7 cm³/mol. The first-order valence-electron chi connectivity index (χ1n) is 6.24. The smallest absolute Gasteiger partial charge is 0.398 e. The van der Waals surface area contributed by atoms with Gasteiger partial charge in [-0.25, -0.2) is 0 Å². The highest BCUT2D eigenvalue weighted by molar-refractivity contribution is 5.53. The van der Waals surface area contributed by atoms with Gasteiger partial charge in [0.05, 0.1) is 12.2 Å². The van der Waals surface area contributed by atoms with Crippen LogP contribution >= 0.6 is 0 Å². The monoisotopic (exact) mass is 275 g/mol. The fourth-order valence-corrected chi connectivity index (χ4v) is 1.95. The number of halogens is 3. The Morgan fingerprint density at radius 3 is 2.47 bits per heavy atom. The minimum Gasteiger partial charge on any atom is -0.398 e. The molecular weight excluding hydrogens is 255 g/mol. The van der Waals surface area contributed by atoms with Gasteiger partial charge in [-0.15, -0.1) is 0 Å². The molecule has 0 atom stereocenters. The van der Waals surface area contributed by atoms with Crippen molar-refractivity contribution in [1.29, 1.82) is 0 Å². The highest BCUT2D eigenvalue weighted by atomic mass is 19.4. The van der Waals surface area contributed by atoms with Gasteiger partial charge in [0.1, 0.15) is 0 Å². The molecule has 0 aliphatic heterocycles. The zero-order chi connectivity index (χ0) is 14.6. The minimum atomic E-state index is -4.20. The number of hydrogen-bond acceptors (Lipinski definition) is 3. The lowest BCUT2D eigenvalue weighted by Crippen LogP contribution is -2.34. The van der Waals surface area contributed by atoms with Crippen molar-refractivity contribution < 1.29 is 13.2 Å². The summed E-state index contributed by atoms with van der Waals surface area (Å²) < 4.78 is 37.5. The number of aryl methyl sites for hydroxylation is 1. The van der Waals surface area contributed by atoms with Gasteiger partial charge in [0.15, 0.2) is 0 Å². The lowest BCUT2D eigenvalue weighted by molar-refractivity contribution is -0.147. The molecule has 1 rings (SSSR count). The van der Waals surface area contributed by atoms with E-state index in [-0.39, 0.29) is 6.54 Å². The van der Waals surface area contributed by atoms with Gasteiger partial charge in [0, 0.05) is 18.4 Å². The first kappa shape index (κ1) is 15.8. The number of aromatic nitrogens is 1. The van der Waals surface area contributed by atoms with E-state index in [1.165, 1.54) is 4.90 Å². The van der Waals surface area contributed by atoms with Gasteiger partial charge in [0.25, 0.3) is 0 Å². The molecule has 0 bridgehead atoms. The van der Waals surface area contributed by atoms with Crippen LogP contribution in [0.4, 0.5) is 18.9 Å². The Bertz CT molecular complexity index is 430. The van der Waals surface area contributed by atoms with E-state index in [1.54, 1.807) is 13.1 Å². The van der Waals surface area contributed by atoms with E-state index in [1.807, 2.05) is 13.8 Å². The maximum atomic E-state index is 12.5. The average molecular weight is 275 g/mol. The number of nitrogens with zero attached hydrogens (tertiary/aromatic N) is 2. The molecule has 1 heterocycles. The summed E-state index contributed by atoms with van der Waals surface area (Å²) in [5.41, 5.74) is 8.71. The SMILES string of the molecule is CCCN(Cc1ncc(C)c(N)c1C)CC(F)(F)F. The van der Waals surface area contributed by atoms with Crippen molar-refractivity contribution in [2.75, 3.05) is 18.8 Å². The maximum absolute atomic E-state index is 12.5. The maximum Gasteiger partial charge on any atom is 0.401 e. The molecule has 1 aromatic heterocycles. The Balaban J connectivity index is 2.88. The van der Waals surface area contributed by atoms with Crippen LogP contribution in [0, 0.1) is 13.8 Å². The molecule has 0 amide bonds. The van der Waals surface area contributed by atoms with Gasteiger partial charge in [0.2, 0.25) is 0 Å². The molecular formula is C13H20F3N3. The van der Waals surface area contributed by atoms with E-state index < -0.39 is 12.7 Å². The zero-order valence-electron chi connectivity index (χ0n) is 11.5. The van der Waals surface area contributed by atoms with Crippen LogP contribution in [0.25, 0.3) is 0 Å². The topological polar surface area (TPSA) is 42.2 Å². The number of nitrogen functional groups attached to an aromatic ring is 1. The van der Waals surface area contributed by atoms with Crippen LogP contribution in [-0.2, 0) is 6.54 Å². The second-order valence-corrected chi connectivity index (χ2v) is 4.75. The fraction of sp³-hybridized carbons (Fsp3) is 0.615. The molecule has 0 saturated carbocycles. The average Bonchev–Trinajstić information content (AvgIpc) is 2.28. The van der Waals surface area contributed by atoms with Gasteiger partial charge < -0.3 is 5.73 Å². The Morgan fingerprint density at radius 2 is 1.95 bits per heavy atom. The summed E-state index contributed by atoms with van der Waals surface area (Å²) in [6, 6.07) is 0. The lowest BCUT2D eigenvalue weighted by atomic mass is 10.1. The van der Waals surface area contributed by atoms with Crippen LogP contribution < -0.4 is 5.73 Å². The molecule has 0 unspecified atom stereocenters. The van der Waals surface area contributed by atoms with Crippen molar-refractivity contribution in [3.05, 3.63) is 23.0 Å². The van der Waals surface area contributed by atoms with Crippen molar-refractivity contribution in [3.63, 3.8) is 0 Å². The first-order chi connectivity index (χ1) is 8.74. The zero-order valence-corrected chi connectivity index (χ0v) is 11.5. The van der Waals surface area contributed by atoms with Crippen LogP contribution in [0.15, 0.2) is 6.20 Å². The van der Waals surface area contributed by atoms with E-state index in [0.717, 1.165) is 11.1 Å². The molecule has 6 heteroatoms. The van der Waals surface area contributed by atoms with Gasteiger partial charge >= 0.3 is 6.18 Å². The van der Waals surface area contributed by atoms with E-state index in [9.17, 15) is 13.2 Å². The Morgan fingerprint density at radius 1 is 1.32 bits per heavy atom. The van der Waals surface area contributed by atoms with Gasteiger partial charge in [-0.2, -0.15) is 13.2 Å². The van der Waals surface area contributed by atoms with Gasteiger partial charge in [-0.3, -0.25) is 9.88 Å². The largest absolute Gasteiger partial charge is 0.401 e. The lowest BCUT2D eigenvalue weighted by Gasteiger charge is -2.23. The normalized spacial score (nSPS) is 12.2. The van der Waals surface area contributed by atoms with E-state index in [0.29, 0.717) is 24.3 Å². The highest BCUT2D eigenvalue weighted by Crippen LogP contribution is 2.22. The molecule has 0 aliphatic rings. The molecule has 108 valence electrons. The number of nitrogens with two attached hydrogens (primary N) is 1. The molecule has 0 aromatic carbocycles. The third-order valence-corrected chi connectivity index (χ3v) is 2.99. The van der Waals surface area contributed by atoms with Crippen molar-refractivity contribution >= 4 is 5.69 Å². The number of rotatable bonds is 5. The Hall–Kier alpha value is -1.30. The second kappa shape index (κ2) is 6.23.